The number of carbonyl (C=O) groups excluding carboxylic acids is 4. The Morgan fingerprint density at radius 1 is 1.00 bits per heavy atom. The number of imide groups is 2. The fourth-order valence-corrected chi connectivity index (χ4v) is 3.93. The fourth-order valence-electron chi connectivity index (χ4n) is 3.75. The van der Waals surface area contributed by atoms with Crippen LogP contribution in [0.25, 0.3) is 0 Å². The smallest absolute Gasteiger partial charge is 0.334 e. The van der Waals surface area contributed by atoms with Crippen molar-refractivity contribution in [3.05, 3.63) is 53.6 Å². The molecule has 0 atom stereocenters. The van der Waals surface area contributed by atoms with Crippen molar-refractivity contribution >= 4 is 41.0 Å². The predicted octanol–water partition coefficient (Wildman–Crippen LogP) is 3.80. The number of carbonyl (C=O) groups is 4. The Labute approximate surface area is 183 Å². The second-order valence-electron chi connectivity index (χ2n) is 7.39. The van der Waals surface area contributed by atoms with Gasteiger partial charge in [0.25, 0.3) is 0 Å². The molecule has 9 heteroatoms. The summed E-state index contributed by atoms with van der Waals surface area (Å²) in [6, 6.07) is 12.6. The molecule has 8 nitrogen and oxygen atoms in total. The van der Waals surface area contributed by atoms with E-state index in [1.165, 1.54) is 0 Å². The van der Waals surface area contributed by atoms with Crippen LogP contribution in [-0.2, 0) is 14.4 Å². The van der Waals surface area contributed by atoms with Gasteiger partial charge in [-0.2, -0.15) is 0 Å². The number of anilines is 1. The average molecular weight is 442 g/mol. The highest BCUT2D eigenvalue weighted by molar-refractivity contribution is 6.45. The maximum absolute atomic E-state index is 12.5. The Morgan fingerprint density at radius 2 is 1.68 bits per heavy atom. The lowest BCUT2D eigenvalue weighted by Gasteiger charge is -2.20. The summed E-state index contributed by atoms with van der Waals surface area (Å²) in [4.78, 5) is 51.1. The number of nitrogens with one attached hydrogen (secondary N) is 1. The number of halogens is 1. The van der Waals surface area contributed by atoms with Gasteiger partial charge in [-0.15, -0.1) is 0 Å². The first kappa shape index (κ1) is 20.9. The van der Waals surface area contributed by atoms with E-state index in [1.54, 1.807) is 48.5 Å². The molecule has 2 aromatic rings. The molecule has 2 fully saturated rings. The molecule has 1 saturated carbocycles. The normalized spacial score (nSPS) is 16.9. The Morgan fingerprint density at radius 3 is 2.35 bits per heavy atom. The first-order valence-electron chi connectivity index (χ1n) is 9.95. The van der Waals surface area contributed by atoms with Crippen LogP contribution in [0.5, 0.6) is 11.5 Å². The lowest BCUT2D eigenvalue weighted by Crippen LogP contribution is -2.41. The molecule has 1 aliphatic carbocycles. The van der Waals surface area contributed by atoms with Crippen LogP contribution in [0.1, 0.15) is 25.7 Å². The molecule has 2 aromatic carbocycles. The molecule has 5 amide bonds. The average Bonchev–Trinajstić information content (AvgIpc) is 3.34. The number of nitrogens with zero attached hydrogens (tertiary/aromatic N) is 2. The zero-order valence-electron chi connectivity index (χ0n) is 16.5. The predicted molar refractivity (Wildman–Crippen MR) is 113 cm³/mol. The summed E-state index contributed by atoms with van der Waals surface area (Å²) >= 11 is 6.07. The van der Waals surface area contributed by atoms with Crippen molar-refractivity contribution in [3.63, 3.8) is 0 Å². The van der Waals surface area contributed by atoms with Gasteiger partial charge in [-0.05, 0) is 49.2 Å². The second kappa shape index (κ2) is 8.77. The van der Waals surface area contributed by atoms with Crippen molar-refractivity contribution in [2.24, 2.45) is 0 Å². The van der Waals surface area contributed by atoms with Crippen LogP contribution < -0.4 is 10.1 Å². The number of urea groups is 1. The summed E-state index contributed by atoms with van der Waals surface area (Å²) in [5.41, 5.74) is 0.453. The van der Waals surface area contributed by atoms with E-state index in [0.717, 1.165) is 17.7 Å². The first-order chi connectivity index (χ1) is 14.9. The number of rotatable bonds is 6. The molecule has 31 heavy (non-hydrogen) atoms. The molecule has 0 bridgehead atoms. The van der Waals surface area contributed by atoms with Gasteiger partial charge in [-0.25, -0.2) is 9.69 Å². The summed E-state index contributed by atoms with van der Waals surface area (Å²) in [6.45, 7) is -0.523. The summed E-state index contributed by atoms with van der Waals surface area (Å²) in [5, 5.41) is 3.09. The van der Waals surface area contributed by atoms with Gasteiger partial charge < -0.3 is 10.1 Å². The Bertz CT molecular complexity index is 1030. The zero-order valence-corrected chi connectivity index (χ0v) is 17.3. The van der Waals surface area contributed by atoms with Gasteiger partial charge in [0.2, 0.25) is 5.91 Å². The van der Waals surface area contributed by atoms with Gasteiger partial charge >= 0.3 is 17.8 Å². The molecule has 1 aliphatic heterocycles. The van der Waals surface area contributed by atoms with E-state index >= 15 is 0 Å². The maximum atomic E-state index is 12.5. The van der Waals surface area contributed by atoms with Gasteiger partial charge in [0.05, 0.1) is 5.02 Å². The first-order valence-corrected chi connectivity index (χ1v) is 10.3. The van der Waals surface area contributed by atoms with E-state index in [9.17, 15) is 19.2 Å². The quantitative estimate of drug-likeness (QED) is 0.543. The van der Waals surface area contributed by atoms with Gasteiger partial charge in [-0.3, -0.25) is 19.3 Å². The number of para-hydroxylation sites is 1. The number of amides is 5. The van der Waals surface area contributed by atoms with Crippen molar-refractivity contribution < 1.29 is 23.9 Å². The third-order valence-corrected chi connectivity index (χ3v) is 5.59. The number of hydrogen-bond donors (Lipinski definition) is 1. The lowest BCUT2D eigenvalue weighted by molar-refractivity contribution is -0.144. The molecule has 1 saturated heterocycles. The standard InChI is InChI=1S/C22H20ClN3O5/c23-17-7-3-4-8-18(17)31-16-11-9-14(10-12-16)24-19(27)13-25-20(28)21(29)26(22(25)30)15-5-1-2-6-15/h3-4,7-12,15H,1-2,5-6,13H2,(H,24,27). The molecule has 0 radical (unpaired) electrons. The molecule has 1 N–H and O–H groups in total. The minimum Gasteiger partial charge on any atom is -0.456 e. The Kier molecular flexibility index (Phi) is 5.90. The highest BCUT2D eigenvalue weighted by Crippen LogP contribution is 2.30. The summed E-state index contributed by atoms with van der Waals surface area (Å²) in [6.07, 6.45) is 3.19. The maximum Gasteiger partial charge on any atom is 0.334 e. The minimum atomic E-state index is -0.962. The molecular weight excluding hydrogens is 422 g/mol. The van der Waals surface area contributed by atoms with Crippen LogP contribution >= 0.6 is 11.6 Å². The third-order valence-electron chi connectivity index (χ3n) is 5.28. The van der Waals surface area contributed by atoms with E-state index in [2.05, 4.69) is 5.32 Å². The van der Waals surface area contributed by atoms with Crippen LogP contribution in [0, 0.1) is 0 Å². The van der Waals surface area contributed by atoms with E-state index < -0.39 is 30.3 Å². The zero-order chi connectivity index (χ0) is 22.0. The highest BCUT2D eigenvalue weighted by atomic mass is 35.5. The van der Waals surface area contributed by atoms with E-state index in [-0.39, 0.29) is 6.04 Å². The number of hydrogen-bond acceptors (Lipinski definition) is 5. The van der Waals surface area contributed by atoms with E-state index in [4.69, 9.17) is 16.3 Å². The molecule has 1 heterocycles. The largest absolute Gasteiger partial charge is 0.456 e. The Balaban J connectivity index is 1.36. The van der Waals surface area contributed by atoms with Crippen molar-refractivity contribution in [1.82, 2.24) is 9.80 Å². The number of ether oxygens (including phenoxy) is 1. The fraction of sp³-hybridized carbons (Fsp3) is 0.273. The van der Waals surface area contributed by atoms with Crippen molar-refractivity contribution in [3.8, 4) is 11.5 Å². The minimum absolute atomic E-state index is 0.261. The van der Waals surface area contributed by atoms with Gasteiger partial charge in [-0.1, -0.05) is 36.6 Å². The van der Waals surface area contributed by atoms with Crippen LogP contribution in [0.4, 0.5) is 10.5 Å². The molecule has 0 spiro atoms. The SMILES string of the molecule is O=C(CN1C(=O)C(=O)N(C2CCCC2)C1=O)Nc1ccc(Oc2ccccc2Cl)cc1. The topological polar surface area (TPSA) is 96.0 Å². The molecule has 0 aromatic heterocycles. The molecule has 4 rings (SSSR count). The van der Waals surface area contributed by atoms with Crippen molar-refractivity contribution in [2.45, 2.75) is 31.7 Å². The lowest BCUT2D eigenvalue weighted by atomic mass is 10.2. The second-order valence-corrected chi connectivity index (χ2v) is 7.80. The van der Waals surface area contributed by atoms with Crippen molar-refractivity contribution in [2.75, 3.05) is 11.9 Å². The van der Waals surface area contributed by atoms with Gasteiger partial charge in [0, 0.05) is 11.7 Å². The van der Waals surface area contributed by atoms with Crippen LogP contribution in [0.2, 0.25) is 5.02 Å². The van der Waals surface area contributed by atoms with Crippen LogP contribution in [0.3, 0.4) is 0 Å². The van der Waals surface area contributed by atoms with Crippen LogP contribution in [-0.4, -0.2) is 46.1 Å². The molecule has 2 aliphatic rings. The summed E-state index contributed by atoms with van der Waals surface area (Å²) < 4.78 is 5.69. The van der Waals surface area contributed by atoms with Gasteiger partial charge in [0.15, 0.2) is 0 Å². The Hall–Kier alpha value is -3.39. The molecule has 0 unspecified atom stereocenters. The summed E-state index contributed by atoms with van der Waals surface area (Å²) in [5.74, 6) is -1.37. The molecular formula is C22H20ClN3O5. The van der Waals surface area contributed by atoms with Gasteiger partial charge in [0.1, 0.15) is 18.0 Å². The van der Waals surface area contributed by atoms with E-state index in [0.29, 0.717) is 40.0 Å². The molecule has 160 valence electrons. The van der Waals surface area contributed by atoms with Crippen molar-refractivity contribution in [1.29, 1.82) is 0 Å². The van der Waals surface area contributed by atoms with Crippen LogP contribution in [0.15, 0.2) is 48.5 Å². The van der Waals surface area contributed by atoms with E-state index in [1.807, 2.05) is 0 Å². The number of benzene rings is 2. The summed E-state index contributed by atoms with van der Waals surface area (Å²) in [7, 11) is 0. The third kappa shape index (κ3) is 4.39. The monoisotopic (exact) mass is 441 g/mol. The highest BCUT2D eigenvalue weighted by Gasteiger charge is 2.48.